The summed E-state index contributed by atoms with van der Waals surface area (Å²) in [5.41, 5.74) is 16.4. The minimum atomic E-state index is 0.652. The first-order valence-electron chi connectivity index (χ1n) is 18.0. The Balaban J connectivity index is 1.10. The summed E-state index contributed by atoms with van der Waals surface area (Å²) in [5.74, 6) is 0.652. The third-order valence-electron chi connectivity index (χ3n) is 9.74. The van der Waals surface area contributed by atoms with Gasteiger partial charge in [0, 0.05) is 41.5 Å². The van der Waals surface area contributed by atoms with Crippen LogP contribution in [-0.2, 0) is 0 Å². The minimum Gasteiger partial charge on any atom is -0.265 e. The normalized spacial score (nSPS) is 11.0. The molecular formula is C50H34N4. The molecular weight excluding hydrogens is 657 g/mol. The second kappa shape index (κ2) is 14.7. The molecule has 0 aliphatic heterocycles. The molecule has 4 nitrogen and oxygen atoms in total. The number of nitrogens with zero attached hydrogens (tertiary/aromatic N) is 4. The largest absolute Gasteiger partial charge is 0.265 e. The van der Waals surface area contributed by atoms with Crippen molar-refractivity contribution in [2.45, 2.75) is 0 Å². The third kappa shape index (κ3) is 6.97. The molecule has 0 saturated carbocycles. The summed E-state index contributed by atoms with van der Waals surface area (Å²) in [5, 5.41) is 0. The average molecular weight is 691 g/mol. The lowest BCUT2D eigenvalue weighted by Gasteiger charge is -2.13. The van der Waals surface area contributed by atoms with Crippen LogP contribution in [0.1, 0.15) is 0 Å². The van der Waals surface area contributed by atoms with Gasteiger partial charge in [0.1, 0.15) is 0 Å². The molecule has 0 aliphatic carbocycles. The maximum absolute atomic E-state index is 5.01. The molecule has 0 saturated heterocycles. The molecule has 0 aliphatic rings. The highest BCUT2D eigenvalue weighted by molar-refractivity contribution is 5.83. The summed E-state index contributed by atoms with van der Waals surface area (Å²) >= 11 is 0. The summed E-state index contributed by atoms with van der Waals surface area (Å²) in [4.78, 5) is 18.3. The molecule has 3 aromatic heterocycles. The van der Waals surface area contributed by atoms with Gasteiger partial charge in [-0.1, -0.05) is 133 Å². The standard InChI is InChI=1S/C50H34N4/c1-3-7-35(8-4-1)37-11-15-39(16-12-37)45-31-46(40-17-13-38(14-18-40)36-9-5-2-6-10-36)33-47(32-45)41-19-21-42(22-20-41)48-34-49(43-23-27-51-28-24-43)54-50(53-48)44-25-29-52-30-26-44/h1-34H. The minimum absolute atomic E-state index is 0.652. The highest BCUT2D eigenvalue weighted by Crippen LogP contribution is 2.36. The first-order chi connectivity index (χ1) is 26.7. The van der Waals surface area contributed by atoms with Crippen LogP contribution in [0.3, 0.4) is 0 Å². The van der Waals surface area contributed by atoms with Crippen LogP contribution in [-0.4, -0.2) is 19.9 Å². The molecule has 4 heteroatoms. The Labute approximate surface area is 315 Å². The Kier molecular flexibility index (Phi) is 8.90. The smallest absolute Gasteiger partial charge is 0.160 e. The van der Waals surface area contributed by atoms with Crippen LogP contribution in [0.2, 0.25) is 0 Å². The van der Waals surface area contributed by atoms with E-state index in [-0.39, 0.29) is 0 Å². The molecule has 0 radical (unpaired) electrons. The summed E-state index contributed by atoms with van der Waals surface area (Å²) in [6, 6.07) is 64.2. The predicted octanol–water partition coefficient (Wildman–Crippen LogP) is 12.6. The molecule has 6 aromatic carbocycles. The van der Waals surface area contributed by atoms with Crippen LogP contribution in [0.25, 0.3) is 89.5 Å². The van der Waals surface area contributed by atoms with E-state index < -0.39 is 0 Å². The highest BCUT2D eigenvalue weighted by atomic mass is 14.9. The lowest BCUT2D eigenvalue weighted by Crippen LogP contribution is -1.96. The lowest BCUT2D eigenvalue weighted by atomic mass is 9.91. The third-order valence-corrected chi connectivity index (χ3v) is 9.74. The van der Waals surface area contributed by atoms with E-state index in [1.54, 1.807) is 24.8 Å². The monoisotopic (exact) mass is 690 g/mol. The van der Waals surface area contributed by atoms with Crippen molar-refractivity contribution in [3.8, 4) is 89.5 Å². The fraction of sp³-hybridized carbons (Fsp3) is 0. The zero-order valence-corrected chi connectivity index (χ0v) is 29.4. The quantitative estimate of drug-likeness (QED) is 0.159. The van der Waals surface area contributed by atoms with E-state index >= 15 is 0 Å². The van der Waals surface area contributed by atoms with Gasteiger partial charge in [0.2, 0.25) is 0 Å². The van der Waals surface area contributed by atoms with Crippen LogP contribution < -0.4 is 0 Å². The Bertz CT molecular complexity index is 2480. The Morgan fingerprint density at radius 3 is 0.907 bits per heavy atom. The Morgan fingerprint density at radius 1 is 0.222 bits per heavy atom. The van der Waals surface area contributed by atoms with Crippen molar-refractivity contribution >= 4 is 0 Å². The van der Waals surface area contributed by atoms with Gasteiger partial charge >= 0.3 is 0 Å². The molecule has 0 atom stereocenters. The van der Waals surface area contributed by atoms with Gasteiger partial charge in [0.05, 0.1) is 11.4 Å². The van der Waals surface area contributed by atoms with Crippen molar-refractivity contribution in [2.24, 2.45) is 0 Å². The number of rotatable bonds is 8. The molecule has 0 N–H and O–H groups in total. The summed E-state index contributed by atoms with van der Waals surface area (Å²) < 4.78 is 0. The van der Waals surface area contributed by atoms with Crippen molar-refractivity contribution in [1.82, 2.24) is 19.9 Å². The van der Waals surface area contributed by atoms with E-state index in [0.717, 1.165) is 50.3 Å². The fourth-order valence-corrected chi connectivity index (χ4v) is 6.83. The molecule has 0 bridgehead atoms. The molecule has 3 heterocycles. The molecule has 54 heavy (non-hydrogen) atoms. The lowest BCUT2D eigenvalue weighted by molar-refractivity contribution is 1.17. The number of benzene rings is 6. The fourth-order valence-electron chi connectivity index (χ4n) is 6.83. The highest BCUT2D eigenvalue weighted by Gasteiger charge is 2.13. The molecule has 0 amide bonds. The van der Waals surface area contributed by atoms with E-state index in [4.69, 9.17) is 9.97 Å². The van der Waals surface area contributed by atoms with E-state index in [9.17, 15) is 0 Å². The van der Waals surface area contributed by atoms with Crippen LogP contribution in [0.5, 0.6) is 0 Å². The van der Waals surface area contributed by atoms with Gasteiger partial charge in [-0.05, 0) is 104 Å². The van der Waals surface area contributed by atoms with E-state index in [0.29, 0.717) is 5.82 Å². The second-order valence-electron chi connectivity index (χ2n) is 13.2. The van der Waals surface area contributed by atoms with Gasteiger partial charge < -0.3 is 0 Å². The van der Waals surface area contributed by atoms with Crippen molar-refractivity contribution < 1.29 is 0 Å². The molecule has 0 spiro atoms. The summed E-state index contributed by atoms with van der Waals surface area (Å²) in [6.07, 6.45) is 7.11. The maximum Gasteiger partial charge on any atom is 0.160 e. The maximum atomic E-state index is 5.01. The van der Waals surface area contributed by atoms with Gasteiger partial charge in [-0.2, -0.15) is 0 Å². The number of pyridine rings is 2. The van der Waals surface area contributed by atoms with Crippen LogP contribution in [0.15, 0.2) is 207 Å². The Hall–Kier alpha value is -7.30. The van der Waals surface area contributed by atoms with E-state index in [2.05, 4.69) is 162 Å². The van der Waals surface area contributed by atoms with Crippen LogP contribution in [0, 0.1) is 0 Å². The number of hydrogen-bond acceptors (Lipinski definition) is 4. The van der Waals surface area contributed by atoms with Crippen LogP contribution >= 0.6 is 0 Å². The van der Waals surface area contributed by atoms with Gasteiger partial charge in [-0.3, -0.25) is 9.97 Å². The van der Waals surface area contributed by atoms with Crippen molar-refractivity contribution in [3.63, 3.8) is 0 Å². The molecule has 254 valence electrons. The van der Waals surface area contributed by atoms with E-state index in [1.165, 1.54) is 33.4 Å². The van der Waals surface area contributed by atoms with Gasteiger partial charge in [-0.15, -0.1) is 0 Å². The summed E-state index contributed by atoms with van der Waals surface area (Å²) in [7, 11) is 0. The van der Waals surface area contributed by atoms with E-state index in [1.807, 2.05) is 30.3 Å². The topological polar surface area (TPSA) is 51.6 Å². The zero-order valence-electron chi connectivity index (χ0n) is 29.4. The van der Waals surface area contributed by atoms with Gasteiger partial charge in [0.15, 0.2) is 5.82 Å². The Morgan fingerprint density at radius 2 is 0.519 bits per heavy atom. The molecule has 9 aromatic rings. The number of hydrogen-bond donors (Lipinski definition) is 0. The molecule has 9 rings (SSSR count). The first-order valence-corrected chi connectivity index (χ1v) is 18.0. The molecule has 0 unspecified atom stereocenters. The van der Waals surface area contributed by atoms with Crippen molar-refractivity contribution in [3.05, 3.63) is 207 Å². The zero-order chi connectivity index (χ0) is 36.1. The average Bonchev–Trinajstić information content (AvgIpc) is 3.27. The predicted molar refractivity (Wildman–Crippen MR) is 221 cm³/mol. The summed E-state index contributed by atoms with van der Waals surface area (Å²) in [6.45, 7) is 0. The first kappa shape index (κ1) is 32.6. The SMILES string of the molecule is c1ccc(-c2ccc(-c3cc(-c4ccc(-c5ccccc5)cc4)cc(-c4ccc(-c5cc(-c6ccncc6)nc(-c6ccncc6)n5)cc4)c3)cc2)cc1. The second-order valence-corrected chi connectivity index (χ2v) is 13.2. The van der Waals surface area contributed by atoms with Crippen molar-refractivity contribution in [2.75, 3.05) is 0 Å². The van der Waals surface area contributed by atoms with Gasteiger partial charge in [0.25, 0.3) is 0 Å². The molecule has 0 fully saturated rings. The van der Waals surface area contributed by atoms with Crippen LogP contribution in [0.4, 0.5) is 0 Å². The van der Waals surface area contributed by atoms with Gasteiger partial charge in [-0.25, -0.2) is 9.97 Å². The van der Waals surface area contributed by atoms with Crippen molar-refractivity contribution in [1.29, 1.82) is 0 Å². The number of aromatic nitrogens is 4.